The number of hydrogen-bond acceptors (Lipinski definition) is 4. The Morgan fingerprint density at radius 3 is 2.61 bits per heavy atom. The molecule has 1 saturated heterocycles. The third kappa shape index (κ3) is 3.41. The van der Waals surface area contributed by atoms with Gasteiger partial charge < -0.3 is 14.4 Å². The maximum Gasteiger partial charge on any atom is 0.123 e. The van der Waals surface area contributed by atoms with Crippen LogP contribution in [0.5, 0.6) is 0 Å². The molecule has 1 fully saturated rings. The number of nitrogens with one attached hydrogen (secondary N) is 1. The Bertz CT molecular complexity index is 1430. The molecule has 0 unspecified atom stereocenters. The second-order valence-corrected chi connectivity index (χ2v) is 8.48. The Balaban J connectivity index is 1.72. The molecule has 0 spiro atoms. The number of rotatable bonds is 4. The largest absolute Gasteiger partial charge is 0.390 e. The van der Waals surface area contributed by atoms with E-state index in [-0.39, 0.29) is 18.3 Å². The lowest BCUT2D eigenvalue weighted by Gasteiger charge is -2.25. The Morgan fingerprint density at radius 1 is 1.06 bits per heavy atom. The number of aliphatic hydroxyl groups is 1. The molecule has 0 saturated carbocycles. The van der Waals surface area contributed by atoms with Crippen molar-refractivity contribution in [3.8, 4) is 16.8 Å². The summed E-state index contributed by atoms with van der Waals surface area (Å²) >= 11 is 0. The van der Waals surface area contributed by atoms with E-state index >= 15 is 0 Å². The molecule has 4 heterocycles. The molecular formula is C26H23FN4O2. The summed E-state index contributed by atoms with van der Waals surface area (Å²) in [4.78, 5) is 4.46. The van der Waals surface area contributed by atoms with Gasteiger partial charge in [-0.05, 0) is 55.3 Å². The van der Waals surface area contributed by atoms with Crippen LogP contribution >= 0.6 is 0 Å². The number of ether oxygens (including phenoxy) is 1. The fraction of sp³-hybridized carbons (Fsp3) is 0.231. The van der Waals surface area contributed by atoms with Crippen LogP contribution in [0.15, 0.2) is 60.9 Å². The molecule has 166 valence electrons. The number of aromatic amines is 1. The summed E-state index contributed by atoms with van der Waals surface area (Å²) in [5, 5.41) is 18.9. The molecule has 6 rings (SSSR count). The number of H-pyrrole nitrogens is 1. The maximum absolute atomic E-state index is 13.8. The quantitative estimate of drug-likeness (QED) is 0.406. The fourth-order valence-electron chi connectivity index (χ4n) is 4.94. The Hall–Kier alpha value is -3.55. The topological polar surface area (TPSA) is 76.0 Å². The van der Waals surface area contributed by atoms with Gasteiger partial charge in [0.2, 0.25) is 0 Å². The van der Waals surface area contributed by atoms with Crippen LogP contribution in [0.3, 0.4) is 0 Å². The molecule has 0 atom stereocenters. The number of halogens is 1. The minimum atomic E-state index is -0.260. The molecule has 33 heavy (non-hydrogen) atoms. The molecule has 7 heteroatoms. The number of pyridine rings is 1. The van der Waals surface area contributed by atoms with E-state index in [0.29, 0.717) is 18.9 Å². The van der Waals surface area contributed by atoms with Gasteiger partial charge in [0.15, 0.2) is 0 Å². The minimum Gasteiger partial charge on any atom is -0.390 e. The lowest BCUT2D eigenvalue weighted by atomic mass is 9.90. The molecule has 0 radical (unpaired) electrons. The van der Waals surface area contributed by atoms with Crippen LogP contribution in [0, 0.1) is 5.82 Å². The van der Waals surface area contributed by atoms with E-state index < -0.39 is 0 Å². The SMILES string of the molecule is OCc1ccc(-c2c(C3CCOCC3)n(-c3ccc(F)cc3)c3cc4cn[nH]c4cc23)cn1. The van der Waals surface area contributed by atoms with Crippen molar-refractivity contribution in [1.82, 2.24) is 19.7 Å². The second-order valence-electron chi connectivity index (χ2n) is 8.48. The first kappa shape index (κ1) is 20.1. The van der Waals surface area contributed by atoms with Crippen LogP contribution < -0.4 is 0 Å². The van der Waals surface area contributed by atoms with Crippen LogP contribution in [0.4, 0.5) is 4.39 Å². The van der Waals surface area contributed by atoms with Gasteiger partial charge in [0, 0.05) is 58.6 Å². The molecule has 5 aromatic rings. The number of nitrogens with zero attached hydrogens (tertiary/aromatic N) is 3. The van der Waals surface area contributed by atoms with Crippen LogP contribution in [0.1, 0.15) is 30.1 Å². The smallest absolute Gasteiger partial charge is 0.123 e. The van der Waals surface area contributed by atoms with Gasteiger partial charge in [0.05, 0.1) is 29.5 Å². The number of benzene rings is 2. The minimum absolute atomic E-state index is 0.0980. The highest BCUT2D eigenvalue weighted by Gasteiger charge is 2.28. The third-order valence-corrected chi connectivity index (χ3v) is 6.53. The van der Waals surface area contributed by atoms with Gasteiger partial charge in [-0.2, -0.15) is 5.10 Å². The molecule has 0 aliphatic carbocycles. The Labute approximate surface area is 189 Å². The summed E-state index contributed by atoms with van der Waals surface area (Å²) in [7, 11) is 0. The van der Waals surface area contributed by atoms with Crippen LogP contribution in [-0.2, 0) is 11.3 Å². The number of aliphatic hydroxyl groups excluding tert-OH is 1. The van der Waals surface area contributed by atoms with Gasteiger partial charge in [-0.25, -0.2) is 4.39 Å². The lowest BCUT2D eigenvalue weighted by Crippen LogP contribution is -2.17. The summed E-state index contributed by atoms with van der Waals surface area (Å²) < 4.78 is 21.7. The van der Waals surface area contributed by atoms with Gasteiger partial charge in [-0.3, -0.25) is 10.1 Å². The Morgan fingerprint density at radius 2 is 1.88 bits per heavy atom. The van der Waals surface area contributed by atoms with Gasteiger partial charge >= 0.3 is 0 Å². The first-order valence-corrected chi connectivity index (χ1v) is 11.1. The normalized spacial score (nSPS) is 15.0. The molecule has 3 aromatic heterocycles. The standard InChI is InChI=1S/C26H23FN4O2/c27-19-2-5-21(6-3-19)31-24-11-18-14-29-30-23(18)12-22(24)25(17-1-4-20(15-32)28-13-17)26(31)16-7-9-33-10-8-16/h1-6,11-14,16,32H,7-10,15H2,(H,29,30). The third-order valence-electron chi connectivity index (χ3n) is 6.53. The summed E-state index contributed by atoms with van der Waals surface area (Å²) in [5.74, 6) is 0.0178. The van der Waals surface area contributed by atoms with Crippen molar-refractivity contribution in [2.45, 2.75) is 25.4 Å². The zero-order valence-corrected chi connectivity index (χ0v) is 18.0. The number of fused-ring (bicyclic) bond motifs is 2. The molecule has 1 aliphatic heterocycles. The van der Waals surface area contributed by atoms with Crippen molar-refractivity contribution < 1.29 is 14.2 Å². The zero-order valence-electron chi connectivity index (χ0n) is 18.0. The van der Waals surface area contributed by atoms with E-state index in [0.717, 1.165) is 51.5 Å². The van der Waals surface area contributed by atoms with Crippen molar-refractivity contribution in [3.63, 3.8) is 0 Å². The van der Waals surface area contributed by atoms with E-state index in [2.05, 4.69) is 31.9 Å². The zero-order chi connectivity index (χ0) is 22.4. The van der Waals surface area contributed by atoms with Crippen molar-refractivity contribution in [2.75, 3.05) is 13.2 Å². The molecule has 6 nitrogen and oxygen atoms in total. The molecule has 0 amide bonds. The van der Waals surface area contributed by atoms with Crippen molar-refractivity contribution >= 4 is 21.8 Å². The van der Waals surface area contributed by atoms with Crippen LogP contribution in [0.2, 0.25) is 0 Å². The molecule has 2 N–H and O–H groups in total. The van der Waals surface area contributed by atoms with E-state index in [1.54, 1.807) is 0 Å². The van der Waals surface area contributed by atoms with Crippen molar-refractivity contribution in [3.05, 3.63) is 78.1 Å². The van der Waals surface area contributed by atoms with Crippen LogP contribution in [0.25, 0.3) is 38.6 Å². The number of aromatic nitrogens is 4. The second kappa shape index (κ2) is 8.10. The van der Waals surface area contributed by atoms with Crippen LogP contribution in [-0.4, -0.2) is 38.1 Å². The van der Waals surface area contributed by atoms with E-state index in [1.807, 2.05) is 36.7 Å². The number of hydrogen-bond donors (Lipinski definition) is 2. The van der Waals surface area contributed by atoms with E-state index in [4.69, 9.17) is 4.74 Å². The van der Waals surface area contributed by atoms with Crippen molar-refractivity contribution in [2.24, 2.45) is 0 Å². The molecular weight excluding hydrogens is 419 g/mol. The average Bonchev–Trinajstić information content (AvgIpc) is 3.45. The predicted octanol–water partition coefficient (Wildman–Crippen LogP) is 5.09. The molecule has 1 aliphatic rings. The molecule has 0 bridgehead atoms. The first-order chi connectivity index (χ1) is 16.2. The summed E-state index contributed by atoms with van der Waals surface area (Å²) in [6.45, 7) is 1.32. The average molecular weight is 442 g/mol. The first-order valence-electron chi connectivity index (χ1n) is 11.1. The van der Waals surface area contributed by atoms with Gasteiger partial charge in [-0.15, -0.1) is 0 Å². The predicted molar refractivity (Wildman–Crippen MR) is 125 cm³/mol. The Kier molecular flexibility index (Phi) is 4.93. The van der Waals surface area contributed by atoms with Gasteiger partial charge in [0.1, 0.15) is 5.82 Å². The van der Waals surface area contributed by atoms with Gasteiger partial charge in [-0.1, -0.05) is 6.07 Å². The maximum atomic E-state index is 13.8. The monoisotopic (exact) mass is 442 g/mol. The summed E-state index contributed by atoms with van der Waals surface area (Å²) in [5.41, 5.74) is 6.81. The van der Waals surface area contributed by atoms with E-state index in [1.165, 1.54) is 17.8 Å². The highest BCUT2D eigenvalue weighted by Crippen LogP contribution is 2.44. The van der Waals surface area contributed by atoms with Gasteiger partial charge in [0.25, 0.3) is 0 Å². The lowest BCUT2D eigenvalue weighted by molar-refractivity contribution is 0.0843. The summed E-state index contributed by atoms with van der Waals surface area (Å²) in [6.07, 6.45) is 5.47. The molecule has 2 aromatic carbocycles. The highest BCUT2D eigenvalue weighted by atomic mass is 19.1. The van der Waals surface area contributed by atoms with E-state index in [9.17, 15) is 9.50 Å². The summed E-state index contributed by atoms with van der Waals surface area (Å²) in [6, 6.07) is 14.8. The highest BCUT2D eigenvalue weighted by molar-refractivity contribution is 6.05. The fourth-order valence-corrected chi connectivity index (χ4v) is 4.94. The van der Waals surface area contributed by atoms with Crippen molar-refractivity contribution in [1.29, 1.82) is 0 Å².